The third kappa shape index (κ3) is 5.60. The number of nitriles is 1. The highest BCUT2D eigenvalue weighted by Crippen LogP contribution is 2.34. The first-order chi connectivity index (χ1) is 20.0. The zero-order valence-corrected chi connectivity index (χ0v) is 24.2. The lowest BCUT2D eigenvalue weighted by atomic mass is 10.0. The summed E-state index contributed by atoms with van der Waals surface area (Å²) in [4.78, 5) is 9.04. The van der Waals surface area contributed by atoms with Crippen LogP contribution in [0.3, 0.4) is 0 Å². The van der Waals surface area contributed by atoms with Crippen molar-refractivity contribution in [3.63, 3.8) is 0 Å². The SMILES string of the molecule is CCS(=O)(=O)c1ccc(-c2cc3cc(-c4cnc(OC)c(NS(=O)(=O)c5ccc(C#N)cc5)c4)ccc3nc2N)cc1. The summed E-state index contributed by atoms with van der Waals surface area (Å²) in [7, 11) is -5.95. The molecule has 0 saturated carbocycles. The minimum atomic E-state index is -4.00. The first kappa shape index (κ1) is 28.5. The van der Waals surface area contributed by atoms with Gasteiger partial charge in [-0.1, -0.05) is 25.1 Å². The molecule has 42 heavy (non-hydrogen) atoms. The van der Waals surface area contributed by atoms with Gasteiger partial charge in [0.1, 0.15) is 11.5 Å². The number of sulfone groups is 1. The Kier molecular flexibility index (Phi) is 7.55. The standard InChI is InChI=1S/C30H25N5O5S2/c1-3-41(36,37)24-11-6-20(7-12-24)26-15-22-14-21(8-13-27(22)34-29(26)32)23-16-28(30(40-2)33-18-23)35-42(38,39)25-9-4-19(17-31)5-10-25/h4-16,18,35H,3H2,1-2H3,(H2,32,34). The van der Waals surface area contributed by atoms with Crippen LogP contribution in [0.15, 0.2) is 94.9 Å². The molecular weight excluding hydrogens is 574 g/mol. The number of nitrogens with two attached hydrogens (primary N) is 1. The van der Waals surface area contributed by atoms with E-state index in [-0.39, 0.29) is 27.1 Å². The Bertz CT molecular complexity index is 2070. The first-order valence-electron chi connectivity index (χ1n) is 12.7. The summed E-state index contributed by atoms with van der Waals surface area (Å²) in [5, 5.41) is 9.76. The van der Waals surface area contributed by atoms with Gasteiger partial charge >= 0.3 is 0 Å². The van der Waals surface area contributed by atoms with Crippen molar-refractivity contribution in [2.24, 2.45) is 0 Å². The van der Waals surface area contributed by atoms with Gasteiger partial charge in [-0.2, -0.15) is 5.26 Å². The maximum atomic E-state index is 13.1. The number of anilines is 2. The minimum Gasteiger partial charge on any atom is -0.480 e. The van der Waals surface area contributed by atoms with Crippen LogP contribution in [-0.2, 0) is 19.9 Å². The summed E-state index contributed by atoms with van der Waals surface area (Å²) in [5.74, 6) is 0.391. The van der Waals surface area contributed by atoms with Crippen molar-refractivity contribution in [1.82, 2.24) is 9.97 Å². The van der Waals surface area contributed by atoms with Crippen LogP contribution in [0.25, 0.3) is 33.2 Å². The number of benzene rings is 3. The maximum absolute atomic E-state index is 13.1. The first-order valence-corrected chi connectivity index (χ1v) is 15.8. The molecule has 0 aliphatic heterocycles. The van der Waals surface area contributed by atoms with Gasteiger partial charge < -0.3 is 10.5 Å². The van der Waals surface area contributed by atoms with Gasteiger partial charge in [0.25, 0.3) is 10.0 Å². The highest BCUT2D eigenvalue weighted by molar-refractivity contribution is 7.92. The predicted molar refractivity (Wildman–Crippen MR) is 161 cm³/mol. The smallest absolute Gasteiger partial charge is 0.262 e. The van der Waals surface area contributed by atoms with Gasteiger partial charge in [-0.25, -0.2) is 26.8 Å². The van der Waals surface area contributed by atoms with Crippen molar-refractivity contribution in [2.75, 3.05) is 23.3 Å². The Morgan fingerprint density at radius 1 is 0.881 bits per heavy atom. The van der Waals surface area contributed by atoms with Crippen LogP contribution in [0.2, 0.25) is 0 Å². The van der Waals surface area contributed by atoms with Crippen molar-refractivity contribution in [3.05, 3.63) is 90.6 Å². The lowest BCUT2D eigenvalue weighted by Crippen LogP contribution is -2.14. The predicted octanol–water partition coefficient (Wildman–Crippen LogP) is 5.02. The van der Waals surface area contributed by atoms with Gasteiger partial charge in [0.2, 0.25) is 5.88 Å². The van der Waals surface area contributed by atoms with Gasteiger partial charge in [-0.05, 0) is 71.8 Å². The molecule has 212 valence electrons. The molecule has 5 aromatic rings. The van der Waals surface area contributed by atoms with Crippen LogP contribution in [0.1, 0.15) is 12.5 Å². The summed E-state index contributed by atoms with van der Waals surface area (Å²) in [6, 6.07) is 23.0. The molecule has 3 aromatic carbocycles. The number of hydrogen-bond donors (Lipinski definition) is 2. The van der Waals surface area contributed by atoms with Gasteiger partial charge in [-0.3, -0.25) is 4.72 Å². The highest BCUT2D eigenvalue weighted by atomic mass is 32.2. The number of methoxy groups -OCH3 is 1. The summed E-state index contributed by atoms with van der Waals surface area (Å²) < 4.78 is 58.3. The van der Waals surface area contributed by atoms with Crippen molar-refractivity contribution in [1.29, 1.82) is 5.26 Å². The number of nitrogen functional groups attached to an aromatic ring is 1. The zero-order valence-electron chi connectivity index (χ0n) is 22.6. The molecule has 5 rings (SSSR count). The van der Waals surface area contributed by atoms with Crippen LogP contribution in [-0.4, -0.2) is 39.7 Å². The Labute approximate surface area is 243 Å². The molecular formula is C30H25N5O5S2. The summed E-state index contributed by atoms with van der Waals surface area (Å²) in [6.45, 7) is 1.59. The Hall–Kier alpha value is -4.99. The molecule has 0 spiro atoms. The van der Waals surface area contributed by atoms with E-state index in [0.717, 1.165) is 10.9 Å². The number of hydrogen-bond acceptors (Lipinski definition) is 9. The third-order valence-corrected chi connectivity index (χ3v) is 9.80. The molecule has 3 N–H and O–H groups in total. The molecule has 10 nitrogen and oxygen atoms in total. The molecule has 0 aliphatic rings. The quantitative estimate of drug-likeness (QED) is 0.249. The second-order valence-corrected chi connectivity index (χ2v) is 13.2. The maximum Gasteiger partial charge on any atom is 0.262 e. The van der Waals surface area contributed by atoms with E-state index >= 15 is 0 Å². The fourth-order valence-electron chi connectivity index (χ4n) is 4.37. The van der Waals surface area contributed by atoms with E-state index in [2.05, 4.69) is 14.7 Å². The number of ether oxygens (including phenoxy) is 1. The van der Waals surface area contributed by atoms with Gasteiger partial charge in [0.15, 0.2) is 9.84 Å². The highest BCUT2D eigenvalue weighted by Gasteiger charge is 2.19. The summed E-state index contributed by atoms with van der Waals surface area (Å²) >= 11 is 0. The van der Waals surface area contributed by atoms with Crippen LogP contribution in [0.5, 0.6) is 5.88 Å². The fourth-order valence-corrected chi connectivity index (χ4v) is 6.30. The van der Waals surface area contributed by atoms with Crippen LogP contribution >= 0.6 is 0 Å². The number of aromatic nitrogens is 2. The van der Waals surface area contributed by atoms with E-state index in [4.69, 9.17) is 15.7 Å². The molecule has 0 unspecified atom stereocenters. The Balaban J connectivity index is 1.51. The van der Waals surface area contributed by atoms with Crippen LogP contribution in [0, 0.1) is 11.3 Å². The number of fused-ring (bicyclic) bond motifs is 1. The van der Waals surface area contributed by atoms with E-state index in [9.17, 15) is 16.8 Å². The Morgan fingerprint density at radius 2 is 1.55 bits per heavy atom. The molecule has 0 saturated heterocycles. The van der Waals surface area contributed by atoms with Crippen molar-refractivity contribution < 1.29 is 21.6 Å². The second-order valence-electron chi connectivity index (χ2n) is 9.28. The van der Waals surface area contributed by atoms with E-state index < -0.39 is 19.9 Å². The summed E-state index contributed by atoms with van der Waals surface area (Å²) in [6.07, 6.45) is 1.57. The normalized spacial score (nSPS) is 11.6. The molecule has 2 aromatic heterocycles. The fraction of sp³-hybridized carbons (Fsp3) is 0.100. The van der Waals surface area contributed by atoms with Crippen molar-refractivity contribution in [2.45, 2.75) is 16.7 Å². The molecule has 0 fully saturated rings. The van der Waals surface area contributed by atoms with Crippen LogP contribution < -0.4 is 15.2 Å². The lowest BCUT2D eigenvalue weighted by molar-refractivity contribution is 0.400. The topological polar surface area (TPSA) is 165 Å². The van der Waals surface area contributed by atoms with Gasteiger partial charge in [0, 0.05) is 22.7 Å². The molecule has 0 radical (unpaired) electrons. The zero-order chi connectivity index (χ0) is 30.1. The monoisotopic (exact) mass is 599 g/mol. The molecule has 0 bridgehead atoms. The third-order valence-electron chi connectivity index (χ3n) is 6.66. The molecule has 0 amide bonds. The number of nitrogens with zero attached hydrogens (tertiary/aromatic N) is 3. The molecule has 0 aliphatic carbocycles. The average molecular weight is 600 g/mol. The van der Waals surface area contributed by atoms with E-state index in [1.807, 2.05) is 24.3 Å². The van der Waals surface area contributed by atoms with Crippen molar-refractivity contribution >= 4 is 42.3 Å². The number of nitrogens with one attached hydrogen (secondary N) is 1. The van der Waals surface area contributed by atoms with Crippen LogP contribution in [0.4, 0.5) is 11.5 Å². The number of rotatable bonds is 8. The van der Waals surface area contributed by atoms with Gasteiger partial charge in [-0.15, -0.1) is 0 Å². The van der Waals surface area contributed by atoms with E-state index in [1.54, 1.807) is 49.5 Å². The number of pyridine rings is 2. The second kappa shape index (κ2) is 11.1. The average Bonchev–Trinajstić information content (AvgIpc) is 3.00. The van der Waals surface area contributed by atoms with Gasteiger partial charge in [0.05, 0.1) is 39.8 Å². The summed E-state index contributed by atoms with van der Waals surface area (Å²) in [5.41, 5.74) is 10.1. The molecule has 0 atom stereocenters. The largest absolute Gasteiger partial charge is 0.480 e. The van der Waals surface area contributed by atoms with Crippen molar-refractivity contribution in [3.8, 4) is 34.2 Å². The molecule has 12 heteroatoms. The minimum absolute atomic E-state index is 0.00755. The Morgan fingerprint density at radius 3 is 2.19 bits per heavy atom. The van der Waals surface area contributed by atoms with E-state index in [0.29, 0.717) is 33.6 Å². The van der Waals surface area contributed by atoms with E-state index in [1.165, 1.54) is 31.4 Å². The lowest BCUT2D eigenvalue weighted by Gasteiger charge is -2.13. The number of sulfonamides is 1. The molecule has 2 heterocycles.